The fourth-order valence-electron chi connectivity index (χ4n) is 4.40. The quantitative estimate of drug-likeness (QED) is 0.665. The lowest BCUT2D eigenvalue weighted by molar-refractivity contribution is 0.240. The standard InChI is InChI=1S/C24H32N2O/c1-3-19-12-11-13-20(4-2)22(19)26-23(27)25-18-24(16-9-6-10-17-24)21-14-7-5-8-15-21/h5,7-8,11-15H,3-4,6,9-10,16-18H2,1-2H3,(H2,25,26,27). The zero-order valence-electron chi connectivity index (χ0n) is 16.7. The highest BCUT2D eigenvalue weighted by Gasteiger charge is 2.34. The molecule has 1 aliphatic rings. The first-order valence-electron chi connectivity index (χ1n) is 10.4. The van der Waals surface area contributed by atoms with Gasteiger partial charge in [-0.25, -0.2) is 4.79 Å². The van der Waals surface area contributed by atoms with Crippen molar-refractivity contribution in [2.75, 3.05) is 11.9 Å². The van der Waals surface area contributed by atoms with Gasteiger partial charge in [0, 0.05) is 17.6 Å². The van der Waals surface area contributed by atoms with Gasteiger partial charge in [-0.05, 0) is 42.4 Å². The number of carbonyl (C=O) groups excluding carboxylic acids is 1. The number of carbonyl (C=O) groups is 1. The molecule has 3 rings (SSSR count). The van der Waals surface area contributed by atoms with E-state index >= 15 is 0 Å². The Morgan fingerprint density at radius 3 is 2.11 bits per heavy atom. The van der Waals surface area contributed by atoms with Crippen molar-refractivity contribution in [3.8, 4) is 0 Å². The van der Waals surface area contributed by atoms with Crippen molar-refractivity contribution in [2.45, 2.75) is 64.2 Å². The third-order valence-electron chi connectivity index (χ3n) is 6.02. The molecular formula is C24H32N2O. The van der Waals surface area contributed by atoms with Gasteiger partial charge in [-0.1, -0.05) is 81.6 Å². The van der Waals surface area contributed by atoms with Crippen LogP contribution in [-0.2, 0) is 18.3 Å². The molecule has 27 heavy (non-hydrogen) atoms. The molecule has 0 heterocycles. The zero-order valence-corrected chi connectivity index (χ0v) is 16.7. The van der Waals surface area contributed by atoms with E-state index in [0.717, 1.165) is 31.4 Å². The molecule has 2 amide bonds. The predicted octanol–water partition coefficient (Wildman–Crippen LogP) is 5.84. The van der Waals surface area contributed by atoms with Gasteiger partial charge >= 0.3 is 6.03 Å². The van der Waals surface area contributed by atoms with Gasteiger partial charge in [0.2, 0.25) is 0 Å². The van der Waals surface area contributed by atoms with E-state index in [1.54, 1.807) is 0 Å². The molecule has 144 valence electrons. The van der Waals surface area contributed by atoms with Gasteiger partial charge in [0.1, 0.15) is 0 Å². The molecule has 0 spiro atoms. The van der Waals surface area contributed by atoms with Gasteiger partial charge < -0.3 is 10.6 Å². The molecule has 2 aromatic rings. The van der Waals surface area contributed by atoms with Crippen LogP contribution in [0.5, 0.6) is 0 Å². The van der Waals surface area contributed by atoms with Crippen LogP contribution in [0.4, 0.5) is 10.5 Å². The molecule has 3 nitrogen and oxygen atoms in total. The molecule has 0 radical (unpaired) electrons. The molecule has 1 fully saturated rings. The Bertz CT molecular complexity index is 726. The van der Waals surface area contributed by atoms with E-state index in [2.05, 4.69) is 73.0 Å². The summed E-state index contributed by atoms with van der Waals surface area (Å²) in [4.78, 5) is 12.7. The van der Waals surface area contributed by atoms with E-state index in [1.165, 1.54) is 36.0 Å². The summed E-state index contributed by atoms with van der Waals surface area (Å²) in [6.07, 6.45) is 7.87. The van der Waals surface area contributed by atoms with E-state index in [9.17, 15) is 4.79 Å². The second-order valence-corrected chi connectivity index (χ2v) is 7.67. The minimum absolute atomic E-state index is 0.0642. The third-order valence-corrected chi connectivity index (χ3v) is 6.02. The van der Waals surface area contributed by atoms with Crippen LogP contribution in [0.2, 0.25) is 0 Å². The van der Waals surface area contributed by atoms with E-state index < -0.39 is 0 Å². The SMILES string of the molecule is CCc1cccc(CC)c1NC(=O)NCC1(c2ccccc2)CCCCC1. The van der Waals surface area contributed by atoms with Crippen molar-refractivity contribution in [1.82, 2.24) is 5.32 Å². The van der Waals surface area contributed by atoms with Gasteiger partial charge in [0.25, 0.3) is 0 Å². The van der Waals surface area contributed by atoms with Crippen LogP contribution in [0, 0.1) is 0 Å². The van der Waals surface area contributed by atoms with Crippen molar-refractivity contribution in [1.29, 1.82) is 0 Å². The number of benzene rings is 2. The second-order valence-electron chi connectivity index (χ2n) is 7.67. The minimum atomic E-state index is -0.0912. The van der Waals surface area contributed by atoms with Crippen LogP contribution >= 0.6 is 0 Å². The van der Waals surface area contributed by atoms with Crippen molar-refractivity contribution < 1.29 is 4.79 Å². The van der Waals surface area contributed by atoms with Gasteiger partial charge in [-0.3, -0.25) is 0 Å². The summed E-state index contributed by atoms with van der Waals surface area (Å²) in [5.74, 6) is 0. The number of nitrogens with one attached hydrogen (secondary N) is 2. The molecule has 3 heteroatoms. The molecule has 0 aliphatic heterocycles. The molecule has 1 saturated carbocycles. The Labute approximate surface area is 163 Å². The maximum Gasteiger partial charge on any atom is 0.319 e. The highest BCUT2D eigenvalue weighted by Crippen LogP contribution is 2.39. The summed E-state index contributed by atoms with van der Waals surface area (Å²) in [6.45, 7) is 4.95. The van der Waals surface area contributed by atoms with E-state index in [-0.39, 0.29) is 11.4 Å². The summed E-state index contributed by atoms with van der Waals surface area (Å²) in [6, 6.07) is 16.9. The van der Waals surface area contributed by atoms with E-state index in [1.807, 2.05) is 0 Å². The van der Waals surface area contributed by atoms with Gasteiger partial charge in [-0.2, -0.15) is 0 Å². The van der Waals surface area contributed by atoms with Gasteiger partial charge in [-0.15, -0.1) is 0 Å². The smallest absolute Gasteiger partial charge is 0.319 e. The number of amides is 2. The van der Waals surface area contributed by atoms with E-state index in [0.29, 0.717) is 6.54 Å². The summed E-state index contributed by atoms with van der Waals surface area (Å²) in [7, 11) is 0. The van der Waals surface area contributed by atoms with Crippen LogP contribution in [-0.4, -0.2) is 12.6 Å². The number of para-hydroxylation sites is 1. The van der Waals surface area contributed by atoms with Crippen molar-refractivity contribution >= 4 is 11.7 Å². The number of rotatable bonds is 6. The number of hydrogen-bond acceptors (Lipinski definition) is 1. The Kier molecular flexibility index (Phi) is 6.54. The first-order valence-corrected chi connectivity index (χ1v) is 10.4. The van der Waals surface area contributed by atoms with Crippen LogP contribution in [0.15, 0.2) is 48.5 Å². The average Bonchev–Trinajstić information content (AvgIpc) is 2.73. The summed E-state index contributed by atoms with van der Waals surface area (Å²) >= 11 is 0. The van der Waals surface area contributed by atoms with Crippen LogP contribution < -0.4 is 10.6 Å². The lowest BCUT2D eigenvalue weighted by atomic mass is 9.69. The predicted molar refractivity (Wildman–Crippen MR) is 113 cm³/mol. The fraction of sp³-hybridized carbons (Fsp3) is 0.458. The zero-order chi connectivity index (χ0) is 19.1. The summed E-state index contributed by atoms with van der Waals surface area (Å²) in [5.41, 5.74) is 4.79. The average molecular weight is 365 g/mol. The Hall–Kier alpha value is -2.29. The third kappa shape index (κ3) is 4.52. The number of anilines is 1. The van der Waals surface area contributed by atoms with Crippen LogP contribution in [0.1, 0.15) is 62.6 Å². The molecule has 0 aromatic heterocycles. The summed E-state index contributed by atoms with van der Waals surface area (Å²) in [5, 5.41) is 6.33. The summed E-state index contributed by atoms with van der Waals surface area (Å²) < 4.78 is 0. The Balaban J connectivity index is 1.72. The first-order chi connectivity index (χ1) is 13.2. The number of aryl methyl sites for hydroxylation is 2. The topological polar surface area (TPSA) is 41.1 Å². The highest BCUT2D eigenvalue weighted by atomic mass is 16.2. The van der Waals surface area contributed by atoms with E-state index in [4.69, 9.17) is 0 Å². The minimum Gasteiger partial charge on any atom is -0.337 e. The normalized spacial score (nSPS) is 15.9. The molecule has 2 N–H and O–H groups in total. The van der Waals surface area contributed by atoms with Crippen molar-refractivity contribution in [3.63, 3.8) is 0 Å². The molecule has 1 aliphatic carbocycles. The molecule has 0 atom stereocenters. The maximum atomic E-state index is 12.7. The largest absolute Gasteiger partial charge is 0.337 e. The molecule has 0 saturated heterocycles. The fourth-order valence-corrected chi connectivity index (χ4v) is 4.40. The lowest BCUT2D eigenvalue weighted by Crippen LogP contribution is -2.43. The first kappa shape index (κ1) is 19.5. The molecule has 2 aromatic carbocycles. The number of urea groups is 1. The van der Waals surface area contributed by atoms with Crippen molar-refractivity contribution in [3.05, 3.63) is 65.2 Å². The number of hydrogen-bond donors (Lipinski definition) is 2. The molecule has 0 bridgehead atoms. The Morgan fingerprint density at radius 1 is 0.889 bits per heavy atom. The molecular weight excluding hydrogens is 332 g/mol. The van der Waals surface area contributed by atoms with Gasteiger partial charge in [0.15, 0.2) is 0 Å². The lowest BCUT2D eigenvalue weighted by Gasteiger charge is -2.38. The Morgan fingerprint density at radius 2 is 1.52 bits per heavy atom. The highest BCUT2D eigenvalue weighted by molar-refractivity contribution is 5.91. The van der Waals surface area contributed by atoms with Crippen molar-refractivity contribution in [2.24, 2.45) is 0 Å². The monoisotopic (exact) mass is 364 g/mol. The molecule has 0 unspecified atom stereocenters. The van der Waals surface area contributed by atoms with Crippen LogP contribution in [0.25, 0.3) is 0 Å². The maximum absolute atomic E-state index is 12.7. The van der Waals surface area contributed by atoms with Crippen LogP contribution in [0.3, 0.4) is 0 Å². The van der Waals surface area contributed by atoms with Gasteiger partial charge in [0.05, 0.1) is 0 Å². The second kappa shape index (κ2) is 9.07.